The molecule has 8 heteroatoms. The lowest BCUT2D eigenvalue weighted by Gasteiger charge is -2.44. The average Bonchev–Trinajstić information content (AvgIpc) is 3.20. The number of amides is 1. The molecule has 7 nitrogen and oxygen atoms in total. The lowest BCUT2D eigenvalue weighted by Crippen LogP contribution is -2.50. The molecule has 0 bridgehead atoms. The van der Waals surface area contributed by atoms with Crippen LogP contribution in [-0.2, 0) is 5.41 Å². The summed E-state index contributed by atoms with van der Waals surface area (Å²) in [7, 11) is 0. The Morgan fingerprint density at radius 2 is 2.00 bits per heavy atom. The predicted octanol–water partition coefficient (Wildman–Crippen LogP) is 5.77. The second-order valence-corrected chi connectivity index (χ2v) is 10.0. The summed E-state index contributed by atoms with van der Waals surface area (Å²) in [6.45, 7) is 6.24. The number of ether oxygens (including phenoxy) is 1. The first-order chi connectivity index (χ1) is 17.4. The third-order valence-electron chi connectivity index (χ3n) is 7.37. The molecule has 0 radical (unpaired) electrons. The minimum atomic E-state index is -0.308. The molecule has 1 amide bonds. The van der Waals surface area contributed by atoms with Crippen molar-refractivity contribution in [1.82, 2.24) is 20.3 Å². The van der Waals surface area contributed by atoms with Gasteiger partial charge in [-0.05, 0) is 57.9 Å². The number of carbonyl (C=O) groups is 1. The van der Waals surface area contributed by atoms with Crippen molar-refractivity contribution in [3.63, 3.8) is 0 Å². The van der Waals surface area contributed by atoms with Gasteiger partial charge < -0.3 is 20.4 Å². The van der Waals surface area contributed by atoms with Crippen LogP contribution in [0.4, 0.5) is 15.8 Å². The monoisotopic (exact) mass is 485 g/mol. The minimum absolute atomic E-state index is 0.0248. The van der Waals surface area contributed by atoms with Gasteiger partial charge >= 0.3 is 0 Å². The number of carbonyl (C=O) groups excluding carboxylic acids is 1. The maximum absolute atomic E-state index is 14.4. The Balaban J connectivity index is 1.60. The van der Waals surface area contributed by atoms with Crippen molar-refractivity contribution in [3.05, 3.63) is 65.2 Å². The number of H-pyrrole nitrogens is 1. The van der Waals surface area contributed by atoms with E-state index >= 15 is 0 Å². The van der Waals surface area contributed by atoms with E-state index in [0.29, 0.717) is 46.0 Å². The number of anilines is 2. The molecule has 4 heterocycles. The summed E-state index contributed by atoms with van der Waals surface area (Å²) < 4.78 is 20.3. The zero-order chi connectivity index (χ0) is 25.0. The first kappa shape index (κ1) is 22.5. The van der Waals surface area contributed by atoms with E-state index in [9.17, 15) is 9.18 Å². The van der Waals surface area contributed by atoms with Crippen LogP contribution >= 0.6 is 0 Å². The molecule has 1 aliphatic carbocycles. The van der Waals surface area contributed by atoms with Crippen molar-refractivity contribution in [3.8, 4) is 17.1 Å². The van der Waals surface area contributed by atoms with Crippen LogP contribution in [-0.4, -0.2) is 33.5 Å². The first-order valence-corrected chi connectivity index (χ1v) is 12.4. The smallest absolute Gasteiger partial charge is 0.255 e. The number of aromatic amines is 1. The maximum Gasteiger partial charge on any atom is 0.255 e. The van der Waals surface area contributed by atoms with Crippen LogP contribution in [0.5, 0.6) is 5.88 Å². The highest BCUT2D eigenvalue weighted by atomic mass is 19.1. The Morgan fingerprint density at radius 1 is 1.17 bits per heavy atom. The average molecular weight is 486 g/mol. The fourth-order valence-electron chi connectivity index (χ4n) is 5.30. The molecule has 3 N–H and O–H groups in total. The number of hydrogen-bond acceptors (Lipinski definition) is 5. The Bertz CT molecular complexity index is 1510. The Morgan fingerprint density at radius 3 is 2.75 bits per heavy atom. The highest BCUT2D eigenvalue weighted by Crippen LogP contribution is 2.50. The molecule has 184 valence electrons. The second-order valence-electron chi connectivity index (χ2n) is 10.0. The van der Waals surface area contributed by atoms with Crippen molar-refractivity contribution >= 4 is 28.3 Å². The van der Waals surface area contributed by atoms with Gasteiger partial charge in [0.15, 0.2) is 0 Å². The van der Waals surface area contributed by atoms with E-state index in [4.69, 9.17) is 9.72 Å². The maximum atomic E-state index is 14.4. The van der Waals surface area contributed by atoms with Crippen LogP contribution < -0.4 is 15.4 Å². The first-order valence-electron chi connectivity index (χ1n) is 12.4. The van der Waals surface area contributed by atoms with Gasteiger partial charge in [0.1, 0.15) is 11.3 Å². The molecular formula is C28H28FN5O2. The SMILES string of the molecule is Cc1c(F)cccc1Nc1c(-c2ccnc3ccc(OC(C)C)nc23)[nH]c2c1C(=O)NCC21CCC1. The Labute approximate surface area is 208 Å². The van der Waals surface area contributed by atoms with Crippen LogP contribution in [0.3, 0.4) is 0 Å². The number of aromatic nitrogens is 3. The van der Waals surface area contributed by atoms with Crippen LogP contribution in [0.2, 0.25) is 0 Å². The molecule has 1 spiro atoms. The third kappa shape index (κ3) is 3.51. The normalized spacial score (nSPS) is 16.1. The molecule has 3 aromatic heterocycles. The van der Waals surface area contributed by atoms with Gasteiger partial charge in [-0.1, -0.05) is 12.5 Å². The molecule has 6 rings (SSSR count). The standard InChI is InChI=1S/C28H28FN5O2/c1-15(2)36-21-9-8-20-23(33-21)17(10-13-30-20)24-25(32-19-7-4-6-18(29)16(19)3)22-26(34-24)28(11-5-12-28)14-31-27(22)35/h4,6-10,13,15,32,34H,5,11-12,14H2,1-3H3,(H,31,35). The number of hydrogen-bond donors (Lipinski definition) is 3. The molecule has 0 unspecified atom stereocenters. The van der Waals surface area contributed by atoms with E-state index in [1.807, 2.05) is 38.1 Å². The molecule has 36 heavy (non-hydrogen) atoms. The molecule has 1 saturated carbocycles. The summed E-state index contributed by atoms with van der Waals surface area (Å²) in [6, 6.07) is 10.5. The van der Waals surface area contributed by atoms with Gasteiger partial charge in [-0.2, -0.15) is 0 Å². The molecule has 1 aromatic carbocycles. The van der Waals surface area contributed by atoms with Crippen LogP contribution in [0, 0.1) is 12.7 Å². The largest absolute Gasteiger partial charge is 0.475 e. The number of pyridine rings is 2. The third-order valence-corrected chi connectivity index (χ3v) is 7.37. The van der Waals surface area contributed by atoms with Gasteiger partial charge in [0.25, 0.3) is 5.91 Å². The van der Waals surface area contributed by atoms with Gasteiger partial charge in [-0.15, -0.1) is 0 Å². The molecule has 0 atom stereocenters. The number of benzene rings is 1. The molecule has 4 aromatic rings. The van der Waals surface area contributed by atoms with Gasteiger partial charge in [0.2, 0.25) is 5.88 Å². The van der Waals surface area contributed by atoms with Gasteiger partial charge in [0, 0.05) is 46.7 Å². The highest BCUT2D eigenvalue weighted by molar-refractivity contribution is 6.08. The number of nitrogens with one attached hydrogen (secondary N) is 3. The van der Waals surface area contributed by atoms with Crippen molar-refractivity contribution in [2.24, 2.45) is 0 Å². The summed E-state index contributed by atoms with van der Waals surface area (Å²) in [6.07, 6.45) is 4.83. The van der Waals surface area contributed by atoms with Crippen LogP contribution in [0.25, 0.3) is 22.3 Å². The van der Waals surface area contributed by atoms with E-state index in [1.165, 1.54) is 6.07 Å². The van der Waals surface area contributed by atoms with Crippen molar-refractivity contribution in [1.29, 1.82) is 0 Å². The van der Waals surface area contributed by atoms with E-state index in [2.05, 4.69) is 20.6 Å². The molecule has 0 saturated heterocycles. The summed E-state index contributed by atoms with van der Waals surface area (Å²) in [5.74, 6) is 0.0564. The summed E-state index contributed by atoms with van der Waals surface area (Å²) in [4.78, 5) is 26.2. The zero-order valence-electron chi connectivity index (χ0n) is 20.5. The summed E-state index contributed by atoms with van der Waals surface area (Å²) in [5, 5.41) is 6.50. The van der Waals surface area contributed by atoms with Crippen LogP contribution in [0.1, 0.15) is 54.7 Å². The summed E-state index contributed by atoms with van der Waals surface area (Å²) >= 11 is 0. The van der Waals surface area contributed by atoms with E-state index in [-0.39, 0.29) is 23.2 Å². The van der Waals surface area contributed by atoms with E-state index in [0.717, 1.165) is 36.2 Å². The number of nitrogens with zero attached hydrogens (tertiary/aromatic N) is 2. The zero-order valence-corrected chi connectivity index (χ0v) is 20.5. The lowest BCUT2D eigenvalue weighted by molar-refractivity contribution is 0.0894. The van der Waals surface area contributed by atoms with Crippen LogP contribution in [0.15, 0.2) is 42.6 Å². The number of rotatable bonds is 5. The fraction of sp³-hybridized carbons (Fsp3) is 0.321. The number of fused-ring (bicyclic) bond motifs is 3. The quantitative estimate of drug-likeness (QED) is 0.334. The predicted molar refractivity (Wildman–Crippen MR) is 137 cm³/mol. The van der Waals surface area contributed by atoms with Crippen molar-refractivity contribution < 1.29 is 13.9 Å². The van der Waals surface area contributed by atoms with Crippen molar-refractivity contribution in [2.45, 2.75) is 51.6 Å². The Kier molecular flexibility index (Phi) is 5.21. The summed E-state index contributed by atoms with van der Waals surface area (Å²) in [5.41, 5.74) is 6.01. The lowest BCUT2D eigenvalue weighted by atomic mass is 9.64. The Hall–Kier alpha value is -3.94. The topological polar surface area (TPSA) is 91.9 Å². The molecule has 1 aliphatic heterocycles. The minimum Gasteiger partial charge on any atom is -0.475 e. The van der Waals surface area contributed by atoms with Gasteiger partial charge in [-0.25, -0.2) is 9.37 Å². The fourth-order valence-corrected chi connectivity index (χ4v) is 5.30. The van der Waals surface area contributed by atoms with Gasteiger partial charge in [-0.3, -0.25) is 9.78 Å². The van der Waals surface area contributed by atoms with E-state index < -0.39 is 0 Å². The molecule has 2 aliphatic rings. The molecule has 1 fully saturated rings. The van der Waals surface area contributed by atoms with E-state index in [1.54, 1.807) is 19.2 Å². The van der Waals surface area contributed by atoms with Crippen molar-refractivity contribution in [2.75, 3.05) is 11.9 Å². The number of halogens is 1. The highest BCUT2D eigenvalue weighted by Gasteiger charge is 2.47. The second kappa shape index (κ2) is 8.33. The molecular weight excluding hydrogens is 457 g/mol. The van der Waals surface area contributed by atoms with Gasteiger partial charge in [0.05, 0.1) is 28.6 Å².